The van der Waals surface area contributed by atoms with E-state index in [-0.39, 0.29) is 23.9 Å². The highest BCUT2D eigenvalue weighted by Crippen LogP contribution is 2.42. The summed E-state index contributed by atoms with van der Waals surface area (Å²) in [7, 11) is 0. The smallest absolute Gasteiger partial charge is 0.276 e. The minimum atomic E-state index is -0.358. The number of carbonyl (C=O) groups excluding carboxylic acids is 2. The number of rotatable bonds is 5. The second kappa shape index (κ2) is 10.7. The Morgan fingerprint density at radius 3 is 2.58 bits per heavy atom. The Balaban J connectivity index is 1.21. The number of benzene rings is 3. The lowest BCUT2D eigenvalue weighted by Crippen LogP contribution is -2.33. The van der Waals surface area contributed by atoms with Crippen LogP contribution in [0.2, 0.25) is 0 Å². The predicted octanol–water partition coefficient (Wildman–Crippen LogP) is 8.34. The third-order valence-corrected chi connectivity index (χ3v) is 9.48. The number of ketones is 1. The molecule has 0 aliphatic carbocycles. The van der Waals surface area contributed by atoms with Gasteiger partial charge in [0, 0.05) is 46.1 Å². The number of hydrogen-bond donors (Lipinski definition) is 1. The Morgan fingerprint density at radius 1 is 0.930 bits per heavy atom. The van der Waals surface area contributed by atoms with Crippen LogP contribution >= 0.6 is 11.3 Å². The monoisotopic (exact) mass is 585 g/mol. The number of fused-ring (bicyclic) bond motifs is 4. The van der Waals surface area contributed by atoms with Crippen LogP contribution in [0.4, 0.5) is 10.1 Å². The third-order valence-electron chi connectivity index (χ3n) is 8.23. The van der Waals surface area contributed by atoms with Crippen molar-refractivity contribution >= 4 is 39.6 Å². The van der Waals surface area contributed by atoms with Crippen molar-refractivity contribution in [3.8, 4) is 21.7 Å². The standard InChI is InChI=1S/C36H28FN3O2S/c1-21-8-6-12-28(37)26(21)19-32(41)33-18-23-16-17-40(31-15-4-3-10-25(31)35(23)43-33)36(42)30-14-7-13-29(39-30)27-20-38-34-22(2)9-5-11-24(27)34/h3-15,18,20,38H,16-17,19H2,1-2H3. The maximum atomic E-state index is 14.5. The molecular formula is C36H28FN3O2S. The number of carbonyl (C=O) groups is 2. The molecule has 0 radical (unpaired) electrons. The van der Waals surface area contributed by atoms with Crippen LogP contribution in [0.1, 0.15) is 42.4 Å². The first-order valence-electron chi connectivity index (χ1n) is 14.2. The third kappa shape index (κ3) is 4.76. The number of nitrogens with one attached hydrogen (secondary N) is 1. The molecule has 1 N–H and O–H groups in total. The number of aromatic amines is 1. The summed E-state index contributed by atoms with van der Waals surface area (Å²) < 4.78 is 14.5. The van der Waals surface area contributed by atoms with Gasteiger partial charge in [0.15, 0.2) is 5.78 Å². The fourth-order valence-electron chi connectivity index (χ4n) is 5.94. The van der Waals surface area contributed by atoms with Crippen molar-refractivity contribution < 1.29 is 14.0 Å². The normalized spacial score (nSPS) is 12.6. The van der Waals surface area contributed by atoms with Crippen LogP contribution in [0.25, 0.3) is 32.6 Å². The molecule has 0 saturated heterocycles. The van der Waals surface area contributed by atoms with Crippen LogP contribution < -0.4 is 4.90 Å². The number of nitrogens with zero attached hydrogens (tertiary/aromatic N) is 2. The fourth-order valence-corrected chi connectivity index (χ4v) is 7.12. The van der Waals surface area contributed by atoms with Crippen LogP contribution in [0.5, 0.6) is 0 Å². The van der Waals surface area contributed by atoms with Crippen LogP contribution in [0.3, 0.4) is 0 Å². The van der Waals surface area contributed by atoms with E-state index >= 15 is 0 Å². The highest BCUT2D eigenvalue weighted by Gasteiger charge is 2.28. The minimum Gasteiger partial charge on any atom is -0.360 e. The number of Topliss-reactive ketones (excluding diaryl/α,β-unsaturated/α-hetero) is 1. The molecular weight excluding hydrogens is 557 g/mol. The van der Waals surface area contributed by atoms with Gasteiger partial charge < -0.3 is 9.88 Å². The molecule has 5 nitrogen and oxygen atoms in total. The second-order valence-electron chi connectivity index (χ2n) is 10.9. The number of pyridine rings is 1. The minimum absolute atomic E-state index is 0.0160. The molecule has 4 heterocycles. The zero-order chi connectivity index (χ0) is 29.7. The highest BCUT2D eigenvalue weighted by molar-refractivity contribution is 7.17. The molecule has 7 rings (SSSR count). The molecule has 3 aromatic heterocycles. The molecule has 0 saturated carbocycles. The molecule has 6 aromatic rings. The summed E-state index contributed by atoms with van der Waals surface area (Å²) in [5, 5.41) is 1.07. The Hall–Kier alpha value is -4.88. The molecule has 1 aliphatic heterocycles. The van der Waals surface area contributed by atoms with Gasteiger partial charge >= 0.3 is 0 Å². The average molecular weight is 586 g/mol. The number of thiophene rings is 1. The molecule has 1 amide bonds. The Labute approximate surface area is 252 Å². The van der Waals surface area contributed by atoms with Crippen molar-refractivity contribution in [1.82, 2.24) is 9.97 Å². The molecule has 0 unspecified atom stereocenters. The highest BCUT2D eigenvalue weighted by atomic mass is 32.1. The van der Waals surface area contributed by atoms with E-state index in [0.717, 1.165) is 55.0 Å². The van der Waals surface area contributed by atoms with Gasteiger partial charge in [-0.2, -0.15) is 0 Å². The van der Waals surface area contributed by atoms with E-state index in [1.807, 2.05) is 67.7 Å². The topological polar surface area (TPSA) is 66.1 Å². The summed E-state index contributed by atoms with van der Waals surface area (Å²) in [6, 6.07) is 26.3. The van der Waals surface area contributed by atoms with E-state index in [1.54, 1.807) is 17.0 Å². The number of H-pyrrole nitrogens is 1. The van der Waals surface area contributed by atoms with Crippen LogP contribution in [-0.2, 0) is 12.8 Å². The molecule has 0 fully saturated rings. The first-order chi connectivity index (χ1) is 20.9. The number of amides is 1. The van der Waals surface area contributed by atoms with Gasteiger partial charge in [0.05, 0.1) is 16.3 Å². The predicted molar refractivity (Wildman–Crippen MR) is 171 cm³/mol. The van der Waals surface area contributed by atoms with Crippen molar-refractivity contribution in [3.05, 3.63) is 130 Å². The van der Waals surface area contributed by atoms with E-state index in [4.69, 9.17) is 4.98 Å². The van der Waals surface area contributed by atoms with Gasteiger partial charge in [-0.15, -0.1) is 11.3 Å². The lowest BCUT2D eigenvalue weighted by molar-refractivity contribution is 0.0978. The Kier molecular flexibility index (Phi) is 6.75. The zero-order valence-corrected chi connectivity index (χ0v) is 24.6. The number of aromatic nitrogens is 2. The van der Waals surface area contributed by atoms with Crippen molar-refractivity contribution in [2.75, 3.05) is 11.4 Å². The number of hydrogen-bond acceptors (Lipinski definition) is 4. The van der Waals surface area contributed by atoms with Crippen molar-refractivity contribution in [1.29, 1.82) is 0 Å². The largest absolute Gasteiger partial charge is 0.360 e. The van der Waals surface area contributed by atoms with Crippen molar-refractivity contribution in [2.45, 2.75) is 26.7 Å². The number of halogens is 1. The summed E-state index contributed by atoms with van der Waals surface area (Å²) >= 11 is 1.41. The first-order valence-corrected chi connectivity index (χ1v) is 15.1. The molecule has 212 valence electrons. The van der Waals surface area contributed by atoms with Crippen LogP contribution in [0, 0.1) is 19.7 Å². The lowest BCUT2D eigenvalue weighted by Gasteiger charge is -2.23. The summed E-state index contributed by atoms with van der Waals surface area (Å²) in [5.74, 6) is -0.638. The molecule has 1 aliphatic rings. The van der Waals surface area contributed by atoms with Crippen molar-refractivity contribution in [3.63, 3.8) is 0 Å². The van der Waals surface area contributed by atoms with Gasteiger partial charge in [0.25, 0.3) is 5.91 Å². The average Bonchev–Trinajstić information content (AvgIpc) is 3.62. The van der Waals surface area contributed by atoms with E-state index < -0.39 is 0 Å². The van der Waals surface area contributed by atoms with E-state index in [9.17, 15) is 14.0 Å². The van der Waals surface area contributed by atoms with Gasteiger partial charge in [0.1, 0.15) is 11.5 Å². The molecule has 43 heavy (non-hydrogen) atoms. The van der Waals surface area contributed by atoms with Gasteiger partial charge in [-0.1, -0.05) is 54.6 Å². The van der Waals surface area contributed by atoms with E-state index in [0.29, 0.717) is 29.1 Å². The van der Waals surface area contributed by atoms with Crippen molar-refractivity contribution in [2.24, 2.45) is 0 Å². The molecule has 0 bridgehead atoms. The summed E-state index contributed by atoms with van der Waals surface area (Å²) in [6.45, 7) is 4.33. The number of anilines is 1. The summed E-state index contributed by atoms with van der Waals surface area (Å²) in [5.41, 5.74) is 8.17. The molecule has 3 aromatic carbocycles. The molecule has 7 heteroatoms. The van der Waals surface area contributed by atoms with E-state index in [2.05, 4.69) is 24.0 Å². The maximum absolute atomic E-state index is 14.5. The van der Waals surface area contributed by atoms with Crippen LogP contribution in [0.15, 0.2) is 91.1 Å². The number of aryl methyl sites for hydroxylation is 2. The van der Waals surface area contributed by atoms with Gasteiger partial charge in [0.2, 0.25) is 0 Å². The first kappa shape index (κ1) is 27.0. The van der Waals surface area contributed by atoms with Gasteiger partial charge in [-0.25, -0.2) is 9.37 Å². The zero-order valence-electron chi connectivity index (χ0n) is 23.8. The quantitative estimate of drug-likeness (QED) is 0.207. The molecule has 0 atom stereocenters. The van der Waals surface area contributed by atoms with Crippen LogP contribution in [-0.4, -0.2) is 28.2 Å². The summed E-state index contributed by atoms with van der Waals surface area (Å²) in [6.07, 6.45) is 2.54. The Morgan fingerprint density at radius 2 is 1.72 bits per heavy atom. The Bertz CT molecular complexity index is 2040. The second-order valence-corrected chi connectivity index (χ2v) is 12.0. The maximum Gasteiger partial charge on any atom is 0.276 e. The van der Waals surface area contributed by atoms with E-state index in [1.165, 1.54) is 17.4 Å². The van der Waals surface area contributed by atoms with Gasteiger partial charge in [-0.05, 0) is 72.9 Å². The SMILES string of the molecule is Cc1cccc(F)c1CC(=O)c1cc2c(s1)-c1ccccc1N(C(=O)c1cccc(-c3c[nH]c4c(C)cccc34)n1)CC2. The lowest BCUT2D eigenvalue weighted by atomic mass is 10.0. The summed E-state index contributed by atoms with van der Waals surface area (Å²) in [4.78, 5) is 38.9. The number of para-hydroxylation sites is 2. The fraction of sp³-hybridized carbons (Fsp3) is 0.139. The van der Waals surface area contributed by atoms with Gasteiger partial charge in [-0.3, -0.25) is 9.59 Å². The molecule has 0 spiro atoms.